The molecule has 6 nitrogen and oxygen atoms in total. The number of carbonyl (C=O) groups is 3. The predicted molar refractivity (Wildman–Crippen MR) is 94.6 cm³/mol. The fourth-order valence-electron chi connectivity index (χ4n) is 2.87. The van der Waals surface area contributed by atoms with Gasteiger partial charge in [0, 0.05) is 6.54 Å². The van der Waals surface area contributed by atoms with Crippen molar-refractivity contribution in [3.63, 3.8) is 0 Å². The van der Waals surface area contributed by atoms with E-state index in [2.05, 4.69) is 0 Å². The van der Waals surface area contributed by atoms with Gasteiger partial charge in [-0.2, -0.15) is 0 Å². The number of imide groups is 1. The highest BCUT2D eigenvalue weighted by atomic mass is 16.5. The summed E-state index contributed by atoms with van der Waals surface area (Å²) < 4.78 is 5.57. The van der Waals surface area contributed by atoms with E-state index in [1.807, 2.05) is 0 Å². The molecule has 0 saturated heterocycles. The Morgan fingerprint density at radius 1 is 0.885 bits per heavy atom. The van der Waals surface area contributed by atoms with E-state index < -0.39 is 5.97 Å². The van der Waals surface area contributed by atoms with Crippen LogP contribution in [0.5, 0.6) is 5.75 Å². The summed E-state index contributed by atoms with van der Waals surface area (Å²) in [4.78, 5) is 36.5. The highest BCUT2D eigenvalue weighted by molar-refractivity contribution is 6.21. The van der Waals surface area contributed by atoms with E-state index >= 15 is 0 Å². The summed E-state index contributed by atoms with van der Waals surface area (Å²) in [5, 5.41) is 8.84. The smallest absolute Gasteiger partial charge is 0.335 e. The van der Waals surface area contributed by atoms with Gasteiger partial charge < -0.3 is 9.84 Å². The van der Waals surface area contributed by atoms with Gasteiger partial charge in [0.2, 0.25) is 0 Å². The van der Waals surface area contributed by atoms with Crippen LogP contribution in [0.1, 0.15) is 50.3 Å². The summed E-state index contributed by atoms with van der Waals surface area (Å²) in [7, 11) is 0. The van der Waals surface area contributed by atoms with Crippen LogP contribution in [-0.4, -0.2) is 40.9 Å². The number of carboxylic acids is 1. The molecular formula is C20H19NO5. The normalized spacial score (nSPS) is 13.0. The van der Waals surface area contributed by atoms with Crippen molar-refractivity contribution < 1.29 is 24.2 Å². The lowest BCUT2D eigenvalue weighted by molar-refractivity contribution is 0.0648. The number of benzene rings is 2. The average molecular weight is 353 g/mol. The second kappa shape index (κ2) is 7.82. The summed E-state index contributed by atoms with van der Waals surface area (Å²) in [6.45, 7) is 0.897. The lowest BCUT2D eigenvalue weighted by atomic mass is 10.1. The van der Waals surface area contributed by atoms with Crippen LogP contribution in [0.3, 0.4) is 0 Å². The third kappa shape index (κ3) is 3.74. The topological polar surface area (TPSA) is 83.9 Å². The van der Waals surface area contributed by atoms with Crippen molar-refractivity contribution in [1.29, 1.82) is 0 Å². The van der Waals surface area contributed by atoms with Crippen molar-refractivity contribution in [2.24, 2.45) is 0 Å². The molecule has 0 bridgehead atoms. The first kappa shape index (κ1) is 17.7. The summed E-state index contributed by atoms with van der Waals surface area (Å²) >= 11 is 0. The van der Waals surface area contributed by atoms with Crippen LogP contribution in [0.4, 0.5) is 0 Å². The number of carboxylic acid groups (broad SMARTS) is 1. The number of rotatable bonds is 8. The summed E-state index contributed by atoms with van der Waals surface area (Å²) in [6, 6.07) is 13.1. The van der Waals surface area contributed by atoms with E-state index in [1.165, 1.54) is 17.0 Å². The first-order valence-electron chi connectivity index (χ1n) is 8.49. The highest BCUT2D eigenvalue weighted by Crippen LogP contribution is 2.22. The van der Waals surface area contributed by atoms with Crippen LogP contribution >= 0.6 is 0 Å². The van der Waals surface area contributed by atoms with E-state index in [0.29, 0.717) is 36.4 Å². The van der Waals surface area contributed by atoms with Gasteiger partial charge in [-0.15, -0.1) is 0 Å². The van der Waals surface area contributed by atoms with E-state index in [9.17, 15) is 14.4 Å². The standard InChI is InChI=1S/C20H19NO5/c22-18-16-6-2-3-7-17(16)19(23)21(18)12-4-1-5-13-26-15-10-8-14(9-11-15)20(24)25/h2-3,6-11H,1,4-5,12-13H2,(H,24,25). The van der Waals surface area contributed by atoms with Gasteiger partial charge >= 0.3 is 5.97 Å². The average Bonchev–Trinajstić information content (AvgIpc) is 2.90. The van der Waals surface area contributed by atoms with Crippen molar-refractivity contribution in [1.82, 2.24) is 4.90 Å². The van der Waals surface area contributed by atoms with Crippen LogP contribution in [0, 0.1) is 0 Å². The molecule has 3 rings (SSSR count). The van der Waals surface area contributed by atoms with Gasteiger partial charge in [0.25, 0.3) is 11.8 Å². The molecule has 0 fully saturated rings. The summed E-state index contributed by atoms with van der Waals surface area (Å²) in [5.74, 6) is -0.791. The SMILES string of the molecule is O=C(O)c1ccc(OCCCCCN2C(=O)c3ccccc3C2=O)cc1. The largest absolute Gasteiger partial charge is 0.494 e. The van der Waals surface area contributed by atoms with Gasteiger partial charge in [0.1, 0.15) is 5.75 Å². The zero-order chi connectivity index (χ0) is 18.5. The molecule has 2 aromatic carbocycles. The maximum absolute atomic E-state index is 12.2. The number of nitrogens with zero attached hydrogens (tertiary/aromatic N) is 1. The van der Waals surface area contributed by atoms with E-state index in [4.69, 9.17) is 9.84 Å². The van der Waals surface area contributed by atoms with Gasteiger partial charge in [0.15, 0.2) is 0 Å². The zero-order valence-corrected chi connectivity index (χ0v) is 14.2. The van der Waals surface area contributed by atoms with Crippen LogP contribution in [0.25, 0.3) is 0 Å². The van der Waals surface area contributed by atoms with E-state index in [-0.39, 0.29) is 17.4 Å². The number of aromatic carboxylic acids is 1. The molecule has 134 valence electrons. The molecule has 1 heterocycles. The number of unbranched alkanes of at least 4 members (excludes halogenated alkanes) is 2. The molecule has 0 aromatic heterocycles. The molecule has 0 aliphatic carbocycles. The lowest BCUT2D eigenvalue weighted by Gasteiger charge is -2.13. The third-order valence-corrected chi connectivity index (χ3v) is 4.27. The summed E-state index contributed by atoms with van der Waals surface area (Å²) in [5.41, 5.74) is 1.18. The van der Waals surface area contributed by atoms with Gasteiger partial charge in [-0.25, -0.2) is 4.79 Å². The van der Waals surface area contributed by atoms with Gasteiger partial charge in [0.05, 0.1) is 23.3 Å². The number of fused-ring (bicyclic) bond motifs is 1. The lowest BCUT2D eigenvalue weighted by Crippen LogP contribution is -2.30. The monoisotopic (exact) mass is 353 g/mol. The molecular weight excluding hydrogens is 334 g/mol. The predicted octanol–water partition coefficient (Wildman–Crippen LogP) is 3.23. The molecule has 0 spiro atoms. The Morgan fingerprint density at radius 2 is 1.50 bits per heavy atom. The van der Waals surface area contributed by atoms with Crippen LogP contribution in [0.2, 0.25) is 0 Å². The van der Waals surface area contributed by atoms with Gasteiger partial charge in [-0.3, -0.25) is 14.5 Å². The molecule has 1 aliphatic heterocycles. The van der Waals surface area contributed by atoms with Crippen LogP contribution < -0.4 is 4.74 Å². The Balaban J connectivity index is 1.38. The number of amides is 2. The van der Waals surface area contributed by atoms with Crippen LogP contribution in [-0.2, 0) is 0 Å². The Bertz CT molecular complexity index is 793. The first-order valence-corrected chi connectivity index (χ1v) is 8.49. The number of ether oxygens (including phenoxy) is 1. The number of carbonyl (C=O) groups excluding carboxylic acids is 2. The quantitative estimate of drug-likeness (QED) is 0.582. The van der Waals surface area contributed by atoms with Crippen molar-refractivity contribution in [2.75, 3.05) is 13.2 Å². The van der Waals surface area contributed by atoms with Crippen molar-refractivity contribution in [3.8, 4) is 5.75 Å². The van der Waals surface area contributed by atoms with E-state index in [0.717, 1.165) is 12.8 Å². The molecule has 0 atom stereocenters. The minimum Gasteiger partial charge on any atom is -0.494 e. The molecule has 26 heavy (non-hydrogen) atoms. The molecule has 2 amide bonds. The highest BCUT2D eigenvalue weighted by Gasteiger charge is 2.34. The Morgan fingerprint density at radius 3 is 2.08 bits per heavy atom. The minimum atomic E-state index is -0.968. The van der Waals surface area contributed by atoms with Crippen LogP contribution in [0.15, 0.2) is 48.5 Å². The molecule has 0 unspecified atom stereocenters. The molecule has 1 aliphatic rings. The molecule has 6 heteroatoms. The fraction of sp³-hybridized carbons (Fsp3) is 0.250. The third-order valence-electron chi connectivity index (χ3n) is 4.27. The number of hydrogen-bond donors (Lipinski definition) is 1. The molecule has 1 N–H and O–H groups in total. The Kier molecular flexibility index (Phi) is 5.31. The Labute approximate surface area is 151 Å². The van der Waals surface area contributed by atoms with Crippen molar-refractivity contribution >= 4 is 17.8 Å². The second-order valence-electron chi connectivity index (χ2n) is 6.05. The van der Waals surface area contributed by atoms with E-state index in [1.54, 1.807) is 36.4 Å². The second-order valence-corrected chi connectivity index (χ2v) is 6.05. The van der Waals surface area contributed by atoms with Crippen molar-refractivity contribution in [3.05, 3.63) is 65.2 Å². The van der Waals surface area contributed by atoms with Gasteiger partial charge in [-0.1, -0.05) is 12.1 Å². The molecule has 0 radical (unpaired) electrons. The molecule has 0 saturated carbocycles. The van der Waals surface area contributed by atoms with Crippen molar-refractivity contribution in [2.45, 2.75) is 19.3 Å². The Hall–Kier alpha value is -3.15. The zero-order valence-electron chi connectivity index (χ0n) is 14.2. The summed E-state index contributed by atoms with van der Waals surface area (Å²) in [6.07, 6.45) is 2.32. The fourth-order valence-corrected chi connectivity index (χ4v) is 2.87. The maximum Gasteiger partial charge on any atom is 0.335 e. The molecule has 2 aromatic rings. The number of hydrogen-bond acceptors (Lipinski definition) is 4. The van der Waals surface area contributed by atoms with Gasteiger partial charge in [-0.05, 0) is 55.7 Å². The first-order chi connectivity index (χ1) is 12.6. The maximum atomic E-state index is 12.2. The minimum absolute atomic E-state index is 0.221.